The SMILES string of the molecule is CCc1nc(Cl)cc(NCCCCCCSC)n1. The van der Waals surface area contributed by atoms with Crippen LogP contribution in [0.1, 0.15) is 38.4 Å². The molecule has 0 saturated carbocycles. The fourth-order valence-electron chi connectivity index (χ4n) is 1.65. The van der Waals surface area contributed by atoms with Crippen LogP contribution in [0.15, 0.2) is 6.07 Å². The van der Waals surface area contributed by atoms with Crippen LogP contribution in [0.2, 0.25) is 5.15 Å². The predicted molar refractivity (Wildman–Crippen MR) is 81.8 cm³/mol. The first-order valence-corrected chi connectivity index (χ1v) is 8.29. The minimum absolute atomic E-state index is 0.518. The molecular formula is C13H22ClN3S. The zero-order valence-corrected chi connectivity index (χ0v) is 12.8. The molecule has 1 heterocycles. The second kappa shape index (κ2) is 9.45. The van der Waals surface area contributed by atoms with Crippen LogP contribution in [0.4, 0.5) is 5.82 Å². The third kappa shape index (κ3) is 6.45. The average Bonchev–Trinajstić information content (AvgIpc) is 2.37. The summed E-state index contributed by atoms with van der Waals surface area (Å²) in [4.78, 5) is 8.53. The molecule has 0 radical (unpaired) electrons. The number of aromatic nitrogens is 2. The highest BCUT2D eigenvalue weighted by Crippen LogP contribution is 2.12. The van der Waals surface area contributed by atoms with E-state index in [1.165, 1.54) is 31.4 Å². The van der Waals surface area contributed by atoms with E-state index in [-0.39, 0.29) is 0 Å². The van der Waals surface area contributed by atoms with Crippen molar-refractivity contribution in [3.63, 3.8) is 0 Å². The van der Waals surface area contributed by atoms with Gasteiger partial charge in [0, 0.05) is 19.0 Å². The molecule has 3 nitrogen and oxygen atoms in total. The lowest BCUT2D eigenvalue weighted by molar-refractivity contribution is 0.688. The number of unbranched alkanes of at least 4 members (excludes halogenated alkanes) is 3. The number of hydrogen-bond acceptors (Lipinski definition) is 4. The third-order valence-corrected chi connectivity index (χ3v) is 3.53. The molecular weight excluding hydrogens is 266 g/mol. The lowest BCUT2D eigenvalue weighted by Crippen LogP contribution is -2.05. The summed E-state index contributed by atoms with van der Waals surface area (Å²) in [6.45, 7) is 2.98. The van der Waals surface area contributed by atoms with E-state index >= 15 is 0 Å². The van der Waals surface area contributed by atoms with E-state index < -0.39 is 0 Å². The molecule has 0 fully saturated rings. The van der Waals surface area contributed by atoms with Crippen molar-refractivity contribution in [1.82, 2.24) is 9.97 Å². The zero-order valence-electron chi connectivity index (χ0n) is 11.2. The van der Waals surface area contributed by atoms with Crippen LogP contribution in [-0.2, 0) is 6.42 Å². The largest absolute Gasteiger partial charge is 0.370 e. The zero-order chi connectivity index (χ0) is 13.2. The van der Waals surface area contributed by atoms with Gasteiger partial charge >= 0.3 is 0 Å². The van der Waals surface area contributed by atoms with Gasteiger partial charge in [-0.25, -0.2) is 9.97 Å². The van der Waals surface area contributed by atoms with E-state index in [4.69, 9.17) is 11.6 Å². The number of halogens is 1. The highest BCUT2D eigenvalue weighted by atomic mass is 35.5. The van der Waals surface area contributed by atoms with Crippen LogP contribution >= 0.6 is 23.4 Å². The Bertz CT molecular complexity index is 347. The second-order valence-corrected chi connectivity index (χ2v) is 5.55. The first-order valence-electron chi connectivity index (χ1n) is 6.52. The molecule has 0 unspecified atom stereocenters. The Morgan fingerprint density at radius 1 is 1.22 bits per heavy atom. The van der Waals surface area contributed by atoms with Gasteiger partial charge in [0.05, 0.1) is 0 Å². The lowest BCUT2D eigenvalue weighted by Gasteiger charge is -2.07. The van der Waals surface area contributed by atoms with E-state index in [1.807, 2.05) is 18.7 Å². The maximum absolute atomic E-state index is 5.93. The van der Waals surface area contributed by atoms with E-state index in [0.717, 1.165) is 24.6 Å². The summed E-state index contributed by atoms with van der Waals surface area (Å²) in [5.74, 6) is 2.91. The Labute approximate surface area is 119 Å². The molecule has 0 saturated heterocycles. The van der Waals surface area contributed by atoms with Crippen molar-refractivity contribution in [1.29, 1.82) is 0 Å². The molecule has 0 amide bonds. The second-order valence-electron chi connectivity index (χ2n) is 4.18. The van der Waals surface area contributed by atoms with Gasteiger partial charge < -0.3 is 5.32 Å². The average molecular weight is 288 g/mol. The van der Waals surface area contributed by atoms with Gasteiger partial charge in [0.15, 0.2) is 0 Å². The van der Waals surface area contributed by atoms with Crippen LogP contribution in [0, 0.1) is 0 Å². The number of aryl methyl sites for hydroxylation is 1. The minimum Gasteiger partial charge on any atom is -0.370 e. The molecule has 0 spiro atoms. The third-order valence-electron chi connectivity index (χ3n) is 2.64. The first kappa shape index (κ1) is 15.6. The number of rotatable bonds is 9. The Kier molecular flexibility index (Phi) is 8.18. The molecule has 1 rings (SSSR count). The van der Waals surface area contributed by atoms with E-state index in [0.29, 0.717) is 5.15 Å². The van der Waals surface area contributed by atoms with Gasteiger partial charge in [-0.1, -0.05) is 31.4 Å². The van der Waals surface area contributed by atoms with Gasteiger partial charge in [0.2, 0.25) is 0 Å². The van der Waals surface area contributed by atoms with Gasteiger partial charge in [-0.05, 0) is 24.9 Å². The Morgan fingerprint density at radius 2 is 2.00 bits per heavy atom. The summed E-state index contributed by atoms with van der Waals surface area (Å²) >= 11 is 7.85. The number of nitrogens with zero attached hydrogens (tertiary/aromatic N) is 2. The van der Waals surface area contributed by atoms with Crippen LogP contribution in [0.5, 0.6) is 0 Å². The quantitative estimate of drug-likeness (QED) is 0.550. The van der Waals surface area contributed by atoms with Crippen LogP contribution in [0.25, 0.3) is 0 Å². The molecule has 1 N–H and O–H groups in total. The minimum atomic E-state index is 0.518. The fourth-order valence-corrected chi connectivity index (χ4v) is 2.35. The summed E-state index contributed by atoms with van der Waals surface area (Å²) in [6, 6.07) is 1.79. The van der Waals surface area contributed by atoms with Gasteiger partial charge in [-0.2, -0.15) is 11.8 Å². The van der Waals surface area contributed by atoms with Gasteiger partial charge in [-0.15, -0.1) is 0 Å². The molecule has 18 heavy (non-hydrogen) atoms. The molecule has 5 heteroatoms. The Balaban J connectivity index is 2.20. The monoisotopic (exact) mass is 287 g/mol. The molecule has 0 aromatic carbocycles. The molecule has 1 aromatic rings. The van der Waals surface area contributed by atoms with Crippen LogP contribution in [0.3, 0.4) is 0 Å². The van der Waals surface area contributed by atoms with E-state index in [2.05, 4.69) is 21.5 Å². The molecule has 1 aromatic heterocycles. The molecule has 102 valence electrons. The van der Waals surface area contributed by atoms with Crippen molar-refractivity contribution in [2.75, 3.05) is 23.9 Å². The number of hydrogen-bond donors (Lipinski definition) is 1. The summed E-state index contributed by atoms with van der Waals surface area (Å²) in [7, 11) is 0. The van der Waals surface area contributed by atoms with E-state index in [1.54, 1.807) is 6.07 Å². The van der Waals surface area contributed by atoms with Crippen molar-refractivity contribution in [3.8, 4) is 0 Å². The topological polar surface area (TPSA) is 37.8 Å². The molecule has 0 aliphatic rings. The first-order chi connectivity index (χ1) is 8.76. The van der Waals surface area contributed by atoms with Crippen molar-refractivity contribution in [3.05, 3.63) is 17.0 Å². The molecule has 0 aliphatic heterocycles. The maximum atomic E-state index is 5.93. The predicted octanol–water partition coefficient (Wildman–Crippen LogP) is 4.03. The van der Waals surface area contributed by atoms with Crippen molar-refractivity contribution in [2.24, 2.45) is 0 Å². The summed E-state index contributed by atoms with van der Waals surface area (Å²) in [5, 5.41) is 3.83. The summed E-state index contributed by atoms with van der Waals surface area (Å²) < 4.78 is 0. The van der Waals surface area contributed by atoms with Crippen LogP contribution in [-0.4, -0.2) is 28.5 Å². The highest BCUT2D eigenvalue weighted by molar-refractivity contribution is 7.98. The molecule has 0 atom stereocenters. The normalized spacial score (nSPS) is 10.6. The summed E-state index contributed by atoms with van der Waals surface area (Å²) in [6.07, 6.45) is 8.05. The van der Waals surface area contributed by atoms with E-state index in [9.17, 15) is 0 Å². The highest BCUT2D eigenvalue weighted by Gasteiger charge is 2.01. The van der Waals surface area contributed by atoms with Crippen LogP contribution < -0.4 is 5.32 Å². The molecule has 0 aliphatic carbocycles. The van der Waals surface area contributed by atoms with Crippen molar-refractivity contribution >= 4 is 29.2 Å². The van der Waals surface area contributed by atoms with Gasteiger partial charge in [0.1, 0.15) is 16.8 Å². The summed E-state index contributed by atoms with van der Waals surface area (Å²) in [5.41, 5.74) is 0. The number of nitrogens with one attached hydrogen (secondary N) is 1. The van der Waals surface area contributed by atoms with Crippen molar-refractivity contribution < 1.29 is 0 Å². The van der Waals surface area contributed by atoms with Gasteiger partial charge in [-0.3, -0.25) is 0 Å². The van der Waals surface area contributed by atoms with Crippen molar-refractivity contribution in [2.45, 2.75) is 39.0 Å². The smallest absolute Gasteiger partial charge is 0.134 e. The Morgan fingerprint density at radius 3 is 2.72 bits per heavy atom. The Hall–Kier alpha value is -0.480. The fraction of sp³-hybridized carbons (Fsp3) is 0.692. The number of thioether (sulfide) groups is 1. The number of anilines is 1. The maximum Gasteiger partial charge on any atom is 0.134 e. The standard InChI is InChI=1S/C13H22ClN3S/c1-3-12-16-11(14)10-13(17-12)15-8-6-4-5-7-9-18-2/h10H,3-9H2,1-2H3,(H,15,16,17). The lowest BCUT2D eigenvalue weighted by atomic mass is 10.2. The van der Waals surface area contributed by atoms with Gasteiger partial charge in [0.25, 0.3) is 0 Å². The molecule has 0 bridgehead atoms.